The van der Waals surface area contributed by atoms with Crippen molar-refractivity contribution in [3.05, 3.63) is 30.1 Å². The molecule has 1 aromatic carbocycles. The van der Waals surface area contributed by atoms with Crippen LogP contribution in [0.3, 0.4) is 0 Å². The predicted molar refractivity (Wildman–Crippen MR) is 138 cm³/mol. The number of nitrogens with zero attached hydrogens (tertiary/aromatic N) is 4. The van der Waals surface area contributed by atoms with Crippen LogP contribution in [0.4, 0.5) is 36.3 Å². The first-order valence-corrected chi connectivity index (χ1v) is 12.8. The minimum Gasteiger partial charge on any atom is -0.378 e. The molecule has 3 aromatic rings. The van der Waals surface area contributed by atoms with Crippen LogP contribution in [0.25, 0.3) is 11.2 Å². The molecule has 1 aliphatic carbocycles. The second-order valence-electron chi connectivity index (χ2n) is 9.79. The third-order valence-corrected chi connectivity index (χ3v) is 7.11. The van der Waals surface area contributed by atoms with Gasteiger partial charge in [0.15, 0.2) is 11.5 Å². The van der Waals surface area contributed by atoms with Crippen LogP contribution < -0.4 is 20.9 Å². The molecule has 1 amide bonds. The summed E-state index contributed by atoms with van der Waals surface area (Å²) in [5, 5.41) is 8.78. The number of morpholine rings is 1. The topological polar surface area (TPSA) is 120 Å². The van der Waals surface area contributed by atoms with Gasteiger partial charge in [0, 0.05) is 37.1 Å². The van der Waals surface area contributed by atoms with Crippen molar-refractivity contribution in [3.63, 3.8) is 0 Å². The highest BCUT2D eigenvalue weighted by atomic mass is 19.4. The van der Waals surface area contributed by atoms with E-state index in [9.17, 15) is 18.0 Å². The number of halogens is 3. The number of carbonyl (C=O) groups excluding carboxylic acids is 1. The van der Waals surface area contributed by atoms with Gasteiger partial charge in [0.1, 0.15) is 5.52 Å². The Kier molecular flexibility index (Phi) is 7.54. The van der Waals surface area contributed by atoms with Crippen LogP contribution >= 0.6 is 0 Å². The summed E-state index contributed by atoms with van der Waals surface area (Å²) in [6, 6.07) is 6.31. The Bertz CT molecular complexity index is 1270. The Morgan fingerprint density at radius 3 is 2.63 bits per heavy atom. The van der Waals surface area contributed by atoms with Crippen LogP contribution in [-0.4, -0.2) is 70.9 Å². The summed E-state index contributed by atoms with van der Waals surface area (Å²) in [5.74, 6) is -0.855. The van der Waals surface area contributed by atoms with E-state index in [2.05, 4.69) is 42.6 Å². The molecule has 2 aliphatic rings. The maximum Gasteiger partial charge on any atom is 0.471 e. The van der Waals surface area contributed by atoms with Gasteiger partial charge in [0.25, 0.3) is 0 Å². The number of carbonyl (C=O) groups is 1. The molecule has 10 nitrogen and oxygen atoms in total. The first-order valence-electron chi connectivity index (χ1n) is 12.8. The molecule has 204 valence electrons. The quantitative estimate of drug-likeness (QED) is 0.362. The average Bonchev–Trinajstić information content (AvgIpc) is 3.38. The fourth-order valence-electron chi connectivity index (χ4n) is 4.96. The molecule has 0 radical (unpaired) electrons. The number of aromatic nitrogens is 4. The number of imidazole rings is 1. The fourth-order valence-corrected chi connectivity index (χ4v) is 4.96. The predicted octanol–water partition coefficient (Wildman–Crippen LogP) is 3.89. The number of ether oxygens (including phenoxy) is 1. The average molecular weight is 533 g/mol. The fraction of sp³-hybridized carbons (Fsp3) is 0.520. The van der Waals surface area contributed by atoms with Crippen molar-refractivity contribution in [3.8, 4) is 0 Å². The third kappa shape index (κ3) is 6.09. The lowest BCUT2D eigenvalue weighted by molar-refractivity contribution is -0.173. The molecule has 2 fully saturated rings. The van der Waals surface area contributed by atoms with Crippen LogP contribution in [-0.2, 0) is 9.53 Å². The Balaban J connectivity index is 1.23. The summed E-state index contributed by atoms with van der Waals surface area (Å²) in [6.07, 6.45) is -0.401. The lowest BCUT2D eigenvalue weighted by Gasteiger charge is -2.30. The molecule has 0 unspecified atom stereocenters. The molecule has 0 spiro atoms. The van der Waals surface area contributed by atoms with Crippen molar-refractivity contribution in [1.29, 1.82) is 0 Å². The number of alkyl halides is 3. The number of anilines is 4. The Morgan fingerprint density at radius 1 is 1.16 bits per heavy atom. The van der Waals surface area contributed by atoms with Gasteiger partial charge in [-0.1, -0.05) is 0 Å². The second-order valence-corrected chi connectivity index (χ2v) is 9.79. The van der Waals surface area contributed by atoms with Gasteiger partial charge in [-0.05, 0) is 62.3 Å². The minimum atomic E-state index is -4.85. The summed E-state index contributed by atoms with van der Waals surface area (Å²) in [4.78, 5) is 30.1. The number of amides is 1. The third-order valence-electron chi connectivity index (χ3n) is 7.11. The monoisotopic (exact) mass is 532 g/mol. The smallest absolute Gasteiger partial charge is 0.378 e. The maximum absolute atomic E-state index is 12.4. The van der Waals surface area contributed by atoms with Crippen LogP contribution in [0.1, 0.15) is 31.2 Å². The lowest BCUT2D eigenvalue weighted by atomic mass is 9.86. The SMILES string of the molecule is Cc1cc(N2CCOCC2)ccc1Nc1nc(N[C@H]2CC[C@H](CNC(=O)C(F)(F)F)CC2)c2nc[nH]c2n1. The molecule has 1 saturated carbocycles. The number of rotatable bonds is 7. The molecule has 1 aliphatic heterocycles. The molecule has 38 heavy (non-hydrogen) atoms. The van der Waals surface area contributed by atoms with Crippen molar-refractivity contribution in [2.24, 2.45) is 5.92 Å². The molecular weight excluding hydrogens is 501 g/mol. The number of hydrogen-bond acceptors (Lipinski definition) is 8. The van der Waals surface area contributed by atoms with E-state index in [4.69, 9.17) is 9.72 Å². The van der Waals surface area contributed by atoms with Crippen LogP contribution in [0.2, 0.25) is 0 Å². The molecule has 1 saturated heterocycles. The van der Waals surface area contributed by atoms with Crippen LogP contribution in [0.15, 0.2) is 24.5 Å². The lowest BCUT2D eigenvalue weighted by Crippen LogP contribution is -2.40. The van der Waals surface area contributed by atoms with E-state index in [1.807, 2.05) is 18.3 Å². The highest BCUT2D eigenvalue weighted by molar-refractivity contribution is 5.84. The van der Waals surface area contributed by atoms with Crippen molar-refractivity contribution in [2.75, 3.05) is 48.4 Å². The number of benzene rings is 1. The standard InChI is InChI=1S/C25H31F3N8O2/c1-15-12-18(36-8-10-38-11-9-36)6-7-19(15)33-24-34-21-20(30-14-31-21)22(35-24)32-17-4-2-16(3-5-17)13-29-23(37)25(26,27)28/h6-7,12,14,16-17H,2-5,8-11,13H2,1H3,(H,29,37)(H3,30,31,32,33,34,35)/t16-,17-. The molecule has 2 aromatic heterocycles. The van der Waals surface area contributed by atoms with Gasteiger partial charge in [-0.15, -0.1) is 0 Å². The van der Waals surface area contributed by atoms with Crippen molar-refractivity contribution in [1.82, 2.24) is 25.3 Å². The van der Waals surface area contributed by atoms with Gasteiger partial charge in [-0.3, -0.25) is 4.79 Å². The summed E-state index contributed by atoms with van der Waals surface area (Å²) < 4.78 is 42.8. The minimum absolute atomic E-state index is 0.00999. The summed E-state index contributed by atoms with van der Waals surface area (Å²) in [5.41, 5.74) is 4.32. The number of fused-ring (bicyclic) bond motifs is 1. The van der Waals surface area contributed by atoms with E-state index in [-0.39, 0.29) is 18.5 Å². The van der Waals surface area contributed by atoms with E-state index in [0.29, 0.717) is 35.8 Å². The molecular formula is C25H31F3N8O2. The molecule has 0 atom stereocenters. The normalized spacial score (nSPS) is 20.4. The Hall–Kier alpha value is -3.61. The summed E-state index contributed by atoms with van der Waals surface area (Å²) in [6.45, 7) is 5.25. The van der Waals surface area contributed by atoms with Crippen molar-refractivity contribution in [2.45, 2.75) is 44.8 Å². The second kappa shape index (κ2) is 11.0. The number of aryl methyl sites for hydroxylation is 1. The zero-order valence-corrected chi connectivity index (χ0v) is 21.1. The number of hydrogen-bond donors (Lipinski definition) is 4. The molecule has 3 heterocycles. The van der Waals surface area contributed by atoms with Gasteiger partial charge in [-0.2, -0.15) is 23.1 Å². The van der Waals surface area contributed by atoms with E-state index >= 15 is 0 Å². The summed E-state index contributed by atoms with van der Waals surface area (Å²) in [7, 11) is 0. The number of aromatic amines is 1. The largest absolute Gasteiger partial charge is 0.471 e. The van der Waals surface area contributed by atoms with Gasteiger partial charge in [0.05, 0.1) is 19.5 Å². The molecule has 13 heteroatoms. The van der Waals surface area contributed by atoms with Gasteiger partial charge < -0.3 is 30.6 Å². The van der Waals surface area contributed by atoms with E-state index < -0.39 is 12.1 Å². The highest BCUT2D eigenvalue weighted by Crippen LogP contribution is 2.30. The molecule has 4 N–H and O–H groups in total. The first kappa shape index (κ1) is 26.0. The van der Waals surface area contributed by atoms with Gasteiger partial charge >= 0.3 is 12.1 Å². The zero-order chi connectivity index (χ0) is 26.7. The van der Waals surface area contributed by atoms with Crippen molar-refractivity contribution >= 4 is 40.2 Å². The molecule has 5 rings (SSSR count). The highest BCUT2D eigenvalue weighted by Gasteiger charge is 2.38. The number of H-pyrrole nitrogens is 1. The first-order chi connectivity index (χ1) is 18.3. The van der Waals surface area contributed by atoms with Crippen LogP contribution in [0, 0.1) is 12.8 Å². The van der Waals surface area contributed by atoms with Gasteiger partial charge in [0.2, 0.25) is 5.95 Å². The maximum atomic E-state index is 12.4. The van der Waals surface area contributed by atoms with Crippen LogP contribution in [0.5, 0.6) is 0 Å². The Labute approximate surface area is 217 Å². The number of nitrogens with one attached hydrogen (secondary N) is 4. The summed E-state index contributed by atoms with van der Waals surface area (Å²) >= 11 is 0. The van der Waals surface area contributed by atoms with Gasteiger partial charge in [-0.25, -0.2) is 4.98 Å². The van der Waals surface area contributed by atoms with E-state index in [1.165, 1.54) is 0 Å². The Morgan fingerprint density at radius 2 is 1.92 bits per heavy atom. The zero-order valence-electron chi connectivity index (χ0n) is 21.1. The molecule has 0 bridgehead atoms. The van der Waals surface area contributed by atoms with E-state index in [1.54, 1.807) is 6.33 Å². The van der Waals surface area contributed by atoms with E-state index in [0.717, 1.165) is 56.1 Å². The van der Waals surface area contributed by atoms with Crippen molar-refractivity contribution < 1.29 is 22.7 Å².